The van der Waals surface area contributed by atoms with Gasteiger partial charge in [-0.1, -0.05) is 13.8 Å². The summed E-state index contributed by atoms with van der Waals surface area (Å²) in [7, 11) is 1.90. The number of thioether (sulfide) groups is 1. The van der Waals surface area contributed by atoms with Crippen LogP contribution in [0, 0.1) is 10.5 Å². The molecule has 0 amide bonds. The van der Waals surface area contributed by atoms with Gasteiger partial charge in [-0.25, -0.2) is 9.97 Å². The number of halogens is 1. The zero-order chi connectivity index (χ0) is 12.1. The van der Waals surface area contributed by atoms with Crippen molar-refractivity contribution in [3.63, 3.8) is 0 Å². The van der Waals surface area contributed by atoms with Crippen molar-refractivity contribution < 1.29 is 0 Å². The molecule has 0 fully saturated rings. The van der Waals surface area contributed by atoms with Crippen molar-refractivity contribution in [1.82, 2.24) is 9.97 Å². The zero-order valence-electron chi connectivity index (χ0n) is 10.2. The third kappa shape index (κ3) is 3.76. The lowest BCUT2D eigenvalue weighted by molar-refractivity contribution is 0.899. The fraction of sp³-hybridized carbons (Fsp3) is 0.636. The summed E-state index contributed by atoms with van der Waals surface area (Å²) in [5.41, 5.74) is 1.06. The molecule has 0 aliphatic carbocycles. The highest BCUT2D eigenvalue weighted by Gasteiger charge is 2.09. The van der Waals surface area contributed by atoms with Gasteiger partial charge in [0.15, 0.2) is 0 Å². The lowest BCUT2D eigenvalue weighted by Gasteiger charge is -2.10. The van der Waals surface area contributed by atoms with E-state index < -0.39 is 0 Å². The predicted octanol–water partition coefficient (Wildman–Crippen LogP) is 3.46. The maximum Gasteiger partial charge on any atom is 0.143 e. The Bertz CT molecular complexity index is 357. The summed E-state index contributed by atoms with van der Waals surface area (Å²) in [6.45, 7) is 6.47. The number of anilines is 1. The number of hydrogen-bond acceptors (Lipinski definition) is 4. The normalized spacial score (nSPS) is 12.6. The van der Waals surface area contributed by atoms with Crippen molar-refractivity contribution in [3.8, 4) is 0 Å². The van der Waals surface area contributed by atoms with Gasteiger partial charge < -0.3 is 5.32 Å². The molecule has 0 aliphatic rings. The number of aromatic nitrogens is 2. The molecule has 0 bridgehead atoms. The van der Waals surface area contributed by atoms with E-state index in [1.165, 1.54) is 6.42 Å². The first-order valence-electron chi connectivity index (χ1n) is 5.40. The van der Waals surface area contributed by atoms with Crippen LogP contribution in [-0.2, 0) is 5.75 Å². The van der Waals surface area contributed by atoms with E-state index in [9.17, 15) is 0 Å². The van der Waals surface area contributed by atoms with Gasteiger partial charge in [-0.05, 0) is 35.9 Å². The summed E-state index contributed by atoms with van der Waals surface area (Å²) in [4.78, 5) is 9.02. The first-order chi connectivity index (χ1) is 7.58. The van der Waals surface area contributed by atoms with Crippen LogP contribution < -0.4 is 5.32 Å². The van der Waals surface area contributed by atoms with Crippen LogP contribution >= 0.6 is 34.4 Å². The molecule has 0 saturated heterocycles. The average molecular weight is 351 g/mol. The van der Waals surface area contributed by atoms with Crippen LogP contribution in [-0.4, -0.2) is 22.3 Å². The van der Waals surface area contributed by atoms with E-state index >= 15 is 0 Å². The van der Waals surface area contributed by atoms with Gasteiger partial charge in [0.1, 0.15) is 11.6 Å². The smallest absolute Gasteiger partial charge is 0.143 e. The Morgan fingerprint density at radius 2 is 2.12 bits per heavy atom. The largest absolute Gasteiger partial charge is 0.372 e. The first kappa shape index (κ1) is 14.0. The maximum atomic E-state index is 4.51. The molecule has 16 heavy (non-hydrogen) atoms. The fourth-order valence-electron chi connectivity index (χ4n) is 1.18. The lowest BCUT2D eigenvalue weighted by atomic mass is 10.4. The van der Waals surface area contributed by atoms with Gasteiger partial charge in [0.2, 0.25) is 0 Å². The highest BCUT2D eigenvalue weighted by Crippen LogP contribution is 2.22. The van der Waals surface area contributed by atoms with Crippen molar-refractivity contribution >= 4 is 40.2 Å². The molecule has 1 atom stereocenters. The van der Waals surface area contributed by atoms with Gasteiger partial charge in [-0.2, -0.15) is 11.8 Å². The summed E-state index contributed by atoms with van der Waals surface area (Å²) in [6, 6.07) is 0. The molecule has 1 rings (SSSR count). The first-order valence-corrected chi connectivity index (χ1v) is 7.53. The zero-order valence-corrected chi connectivity index (χ0v) is 13.1. The van der Waals surface area contributed by atoms with E-state index in [2.05, 4.69) is 51.7 Å². The van der Waals surface area contributed by atoms with E-state index in [1.807, 2.05) is 25.7 Å². The number of rotatable bonds is 5. The Morgan fingerprint density at radius 1 is 1.44 bits per heavy atom. The molecule has 5 heteroatoms. The van der Waals surface area contributed by atoms with Gasteiger partial charge in [-0.15, -0.1) is 0 Å². The molecular weight excluding hydrogens is 333 g/mol. The van der Waals surface area contributed by atoms with E-state index in [-0.39, 0.29) is 0 Å². The SMILES string of the molecule is CCC(C)SCc1nc(C)c(I)c(NC)n1. The van der Waals surface area contributed by atoms with Crippen LogP contribution in [0.3, 0.4) is 0 Å². The number of hydrogen-bond donors (Lipinski definition) is 1. The second kappa shape index (κ2) is 6.64. The third-order valence-corrected chi connectivity index (χ3v) is 4.99. The summed E-state index contributed by atoms with van der Waals surface area (Å²) < 4.78 is 1.11. The Balaban J connectivity index is 2.78. The lowest BCUT2D eigenvalue weighted by Crippen LogP contribution is -2.05. The highest BCUT2D eigenvalue weighted by molar-refractivity contribution is 14.1. The molecule has 3 nitrogen and oxygen atoms in total. The summed E-state index contributed by atoms with van der Waals surface area (Å²) in [5, 5.41) is 3.78. The van der Waals surface area contributed by atoms with Gasteiger partial charge in [0.05, 0.1) is 15.0 Å². The van der Waals surface area contributed by atoms with Crippen molar-refractivity contribution in [2.24, 2.45) is 0 Å². The topological polar surface area (TPSA) is 37.8 Å². The molecule has 1 heterocycles. The standard InChI is InChI=1S/C11H18IN3S/c1-5-7(2)16-6-9-14-8(3)10(12)11(13-4)15-9/h7H,5-6H2,1-4H3,(H,13,14,15). The highest BCUT2D eigenvalue weighted by atomic mass is 127. The molecule has 90 valence electrons. The predicted molar refractivity (Wildman–Crippen MR) is 80.1 cm³/mol. The van der Waals surface area contributed by atoms with E-state index in [4.69, 9.17) is 0 Å². The molecule has 0 aliphatic heterocycles. The third-order valence-electron chi connectivity index (χ3n) is 2.37. The molecule has 0 radical (unpaired) electrons. The van der Waals surface area contributed by atoms with Crippen molar-refractivity contribution in [2.45, 2.75) is 38.2 Å². The van der Waals surface area contributed by atoms with Crippen LogP contribution in [0.1, 0.15) is 31.8 Å². The Morgan fingerprint density at radius 3 is 2.69 bits per heavy atom. The van der Waals surface area contributed by atoms with Crippen molar-refractivity contribution in [3.05, 3.63) is 15.1 Å². The Kier molecular flexibility index (Phi) is 5.82. The number of nitrogens with zero attached hydrogens (tertiary/aromatic N) is 2. The van der Waals surface area contributed by atoms with Crippen molar-refractivity contribution in [2.75, 3.05) is 12.4 Å². The molecule has 0 spiro atoms. The van der Waals surface area contributed by atoms with E-state index in [0.29, 0.717) is 5.25 Å². The van der Waals surface area contributed by atoms with Gasteiger partial charge in [0, 0.05) is 12.3 Å². The monoisotopic (exact) mass is 351 g/mol. The number of aryl methyl sites for hydroxylation is 1. The van der Waals surface area contributed by atoms with Gasteiger partial charge in [-0.3, -0.25) is 0 Å². The Hall–Kier alpha value is -0.0400. The minimum absolute atomic E-state index is 0.668. The molecular formula is C11H18IN3S. The van der Waals surface area contributed by atoms with Crippen LogP contribution in [0.5, 0.6) is 0 Å². The molecule has 1 aromatic heterocycles. The van der Waals surface area contributed by atoms with Crippen LogP contribution in [0.25, 0.3) is 0 Å². The summed E-state index contributed by atoms with van der Waals surface area (Å²) in [5.74, 6) is 2.75. The molecule has 1 N–H and O–H groups in total. The number of nitrogens with one attached hydrogen (secondary N) is 1. The average Bonchev–Trinajstić information content (AvgIpc) is 2.29. The Labute approximate surface area is 115 Å². The van der Waals surface area contributed by atoms with E-state index in [0.717, 1.165) is 26.7 Å². The van der Waals surface area contributed by atoms with E-state index in [1.54, 1.807) is 0 Å². The minimum Gasteiger partial charge on any atom is -0.372 e. The van der Waals surface area contributed by atoms with Crippen LogP contribution in [0.15, 0.2) is 0 Å². The summed E-state index contributed by atoms with van der Waals surface area (Å²) in [6.07, 6.45) is 1.19. The molecule has 1 unspecified atom stereocenters. The van der Waals surface area contributed by atoms with Gasteiger partial charge in [0.25, 0.3) is 0 Å². The van der Waals surface area contributed by atoms with Gasteiger partial charge >= 0.3 is 0 Å². The molecule has 1 aromatic rings. The molecule has 0 saturated carbocycles. The fourth-order valence-corrected chi connectivity index (χ4v) is 2.49. The van der Waals surface area contributed by atoms with Crippen LogP contribution in [0.2, 0.25) is 0 Å². The van der Waals surface area contributed by atoms with Crippen molar-refractivity contribution in [1.29, 1.82) is 0 Å². The minimum atomic E-state index is 0.668. The quantitative estimate of drug-likeness (QED) is 0.825. The second-order valence-electron chi connectivity index (χ2n) is 3.67. The van der Waals surface area contributed by atoms with Crippen LogP contribution in [0.4, 0.5) is 5.82 Å². The maximum absolute atomic E-state index is 4.51. The molecule has 0 aromatic carbocycles. The second-order valence-corrected chi connectivity index (χ2v) is 6.17. The summed E-state index contributed by atoms with van der Waals surface area (Å²) >= 11 is 4.18.